The van der Waals surface area contributed by atoms with Gasteiger partial charge in [-0.1, -0.05) is 25.1 Å². The molecule has 108 valence electrons. The van der Waals surface area contributed by atoms with Crippen LogP contribution in [0.15, 0.2) is 24.3 Å². The van der Waals surface area contributed by atoms with Crippen molar-refractivity contribution in [2.45, 2.75) is 25.8 Å². The van der Waals surface area contributed by atoms with E-state index in [1.807, 2.05) is 25.1 Å². The summed E-state index contributed by atoms with van der Waals surface area (Å²) in [6.07, 6.45) is 0.898. The van der Waals surface area contributed by atoms with Crippen molar-refractivity contribution < 1.29 is 19.4 Å². The number of carboxylic acid groups (broad SMARTS) is 1. The number of hydrogen-bond donors (Lipinski definition) is 1. The number of para-hydroxylation sites is 1. The Morgan fingerprint density at radius 3 is 2.75 bits per heavy atom. The van der Waals surface area contributed by atoms with E-state index in [1.54, 1.807) is 13.2 Å². The predicted molar refractivity (Wildman–Crippen MR) is 73.6 cm³/mol. The normalized spacial score (nSPS) is 21.8. The Morgan fingerprint density at radius 1 is 1.40 bits per heavy atom. The number of ether oxygens (including phenoxy) is 1. The molecule has 1 heterocycles. The lowest BCUT2D eigenvalue weighted by atomic mass is 10.0. The first kappa shape index (κ1) is 14.4. The molecule has 0 bridgehead atoms. The molecular formula is C15H19NO4. The van der Waals surface area contributed by atoms with Crippen LogP contribution < -0.4 is 4.74 Å². The van der Waals surface area contributed by atoms with E-state index in [1.165, 1.54) is 4.90 Å². The van der Waals surface area contributed by atoms with E-state index < -0.39 is 12.0 Å². The van der Waals surface area contributed by atoms with Gasteiger partial charge in [0, 0.05) is 12.1 Å². The summed E-state index contributed by atoms with van der Waals surface area (Å²) < 4.78 is 5.22. The number of aliphatic carboxylic acids is 1. The van der Waals surface area contributed by atoms with Crippen molar-refractivity contribution in [1.82, 2.24) is 4.90 Å². The SMILES string of the molecule is COc1ccccc1CC(=O)N1CCC(C)C1C(=O)O. The molecule has 1 aromatic rings. The summed E-state index contributed by atoms with van der Waals surface area (Å²) in [5, 5.41) is 9.25. The zero-order valence-electron chi connectivity index (χ0n) is 11.7. The van der Waals surface area contributed by atoms with E-state index in [0.717, 1.165) is 12.0 Å². The standard InChI is InChI=1S/C15H19NO4/c1-10-7-8-16(14(10)15(18)19)13(17)9-11-5-3-4-6-12(11)20-2/h3-6,10,14H,7-9H2,1-2H3,(H,18,19). The molecule has 5 heteroatoms. The Labute approximate surface area is 118 Å². The van der Waals surface area contributed by atoms with E-state index in [-0.39, 0.29) is 18.2 Å². The summed E-state index contributed by atoms with van der Waals surface area (Å²) in [4.78, 5) is 25.1. The van der Waals surface area contributed by atoms with Crippen molar-refractivity contribution in [2.24, 2.45) is 5.92 Å². The smallest absolute Gasteiger partial charge is 0.326 e. The number of hydrogen-bond acceptors (Lipinski definition) is 3. The number of carboxylic acids is 1. The van der Waals surface area contributed by atoms with Crippen LogP contribution in [0.2, 0.25) is 0 Å². The van der Waals surface area contributed by atoms with Crippen molar-refractivity contribution in [3.05, 3.63) is 29.8 Å². The Hall–Kier alpha value is -2.04. The predicted octanol–water partition coefficient (Wildman–Crippen LogP) is 1.56. The highest BCUT2D eigenvalue weighted by Crippen LogP contribution is 2.26. The van der Waals surface area contributed by atoms with E-state index in [2.05, 4.69) is 0 Å². The van der Waals surface area contributed by atoms with E-state index in [9.17, 15) is 14.7 Å². The third-order valence-electron chi connectivity index (χ3n) is 3.81. The molecule has 2 rings (SSSR count). The molecule has 1 fully saturated rings. The second-order valence-electron chi connectivity index (χ2n) is 5.12. The van der Waals surface area contributed by atoms with Crippen molar-refractivity contribution in [2.75, 3.05) is 13.7 Å². The average molecular weight is 277 g/mol. The summed E-state index contributed by atoms with van der Waals surface area (Å²) in [6, 6.07) is 6.59. The number of rotatable bonds is 4. The second-order valence-corrected chi connectivity index (χ2v) is 5.12. The van der Waals surface area contributed by atoms with Crippen LogP contribution in [0.3, 0.4) is 0 Å². The fraction of sp³-hybridized carbons (Fsp3) is 0.467. The first-order valence-corrected chi connectivity index (χ1v) is 6.68. The Kier molecular flexibility index (Phi) is 4.27. The minimum atomic E-state index is -0.927. The minimum absolute atomic E-state index is 0.00545. The number of nitrogens with zero attached hydrogens (tertiary/aromatic N) is 1. The van der Waals surface area contributed by atoms with Gasteiger partial charge in [-0.25, -0.2) is 4.79 Å². The lowest BCUT2D eigenvalue weighted by Crippen LogP contribution is -2.43. The number of benzene rings is 1. The lowest BCUT2D eigenvalue weighted by molar-refractivity contribution is -0.149. The Morgan fingerprint density at radius 2 is 2.10 bits per heavy atom. The Balaban J connectivity index is 2.14. The first-order chi connectivity index (χ1) is 9.54. The highest BCUT2D eigenvalue weighted by Gasteiger charge is 2.39. The number of amides is 1. The molecule has 2 unspecified atom stereocenters. The van der Waals surface area contributed by atoms with Crippen LogP contribution in [-0.4, -0.2) is 41.6 Å². The van der Waals surface area contributed by atoms with Gasteiger partial charge in [0.15, 0.2) is 0 Å². The van der Waals surface area contributed by atoms with Crippen molar-refractivity contribution >= 4 is 11.9 Å². The maximum absolute atomic E-state index is 12.4. The van der Waals surface area contributed by atoms with Gasteiger partial charge in [-0.05, 0) is 18.4 Å². The molecule has 1 aliphatic heterocycles. The number of likely N-dealkylation sites (tertiary alicyclic amines) is 1. The fourth-order valence-corrected chi connectivity index (χ4v) is 2.72. The number of methoxy groups -OCH3 is 1. The maximum Gasteiger partial charge on any atom is 0.326 e. The third kappa shape index (κ3) is 2.76. The molecule has 1 aliphatic rings. The largest absolute Gasteiger partial charge is 0.496 e. The lowest BCUT2D eigenvalue weighted by Gasteiger charge is -2.23. The number of carbonyl (C=O) groups excluding carboxylic acids is 1. The quantitative estimate of drug-likeness (QED) is 0.907. The van der Waals surface area contributed by atoms with Gasteiger partial charge in [0.25, 0.3) is 0 Å². The van der Waals surface area contributed by atoms with Crippen LogP contribution in [0.4, 0.5) is 0 Å². The summed E-state index contributed by atoms with van der Waals surface area (Å²) in [5.74, 6) is -0.441. The van der Waals surface area contributed by atoms with Gasteiger partial charge in [0.05, 0.1) is 13.5 Å². The first-order valence-electron chi connectivity index (χ1n) is 6.68. The van der Waals surface area contributed by atoms with Crippen molar-refractivity contribution in [1.29, 1.82) is 0 Å². The third-order valence-corrected chi connectivity index (χ3v) is 3.81. The molecule has 0 spiro atoms. The van der Waals surface area contributed by atoms with Crippen LogP contribution in [0.1, 0.15) is 18.9 Å². The zero-order valence-corrected chi connectivity index (χ0v) is 11.7. The van der Waals surface area contributed by atoms with Gasteiger partial charge >= 0.3 is 5.97 Å². The molecule has 2 atom stereocenters. The summed E-state index contributed by atoms with van der Waals surface area (Å²) in [5.41, 5.74) is 0.781. The van der Waals surface area contributed by atoms with Crippen LogP contribution in [0.5, 0.6) is 5.75 Å². The van der Waals surface area contributed by atoms with Gasteiger partial charge in [-0.3, -0.25) is 4.79 Å². The molecule has 20 heavy (non-hydrogen) atoms. The van der Waals surface area contributed by atoms with Gasteiger partial charge in [0.1, 0.15) is 11.8 Å². The van der Waals surface area contributed by atoms with E-state index in [4.69, 9.17) is 4.74 Å². The molecule has 1 saturated heterocycles. The minimum Gasteiger partial charge on any atom is -0.496 e. The van der Waals surface area contributed by atoms with Crippen LogP contribution in [-0.2, 0) is 16.0 Å². The molecule has 0 aromatic heterocycles. The van der Waals surface area contributed by atoms with Crippen LogP contribution in [0.25, 0.3) is 0 Å². The van der Waals surface area contributed by atoms with E-state index in [0.29, 0.717) is 12.3 Å². The summed E-state index contributed by atoms with van der Waals surface area (Å²) in [6.45, 7) is 2.38. The molecule has 1 amide bonds. The van der Waals surface area contributed by atoms with Crippen molar-refractivity contribution in [3.8, 4) is 5.75 Å². The highest BCUT2D eigenvalue weighted by atomic mass is 16.5. The second kappa shape index (κ2) is 5.94. The molecule has 0 aliphatic carbocycles. The van der Waals surface area contributed by atoms with Crippen LogP contribution >= 0.6 is 0 Å². The summed E-state index contributed by atoms with van der Waals surface area (Å²) in [7, 11) is 1.56. The molecular weight excluding hydrogens is 258 g/mol. The summed E-state index contributed by atoms with van der Waals surface area (Å²) >= 11 is 0. The molecule has 1 N–H and O–H groups in total. The van der Waals surface area contributed by atoms with Gasteiger partial charge in [-0.2, -0.15) is 0 Å². The molecule has 1 aromatic carbocycles. The van der Waals surface area contributed by atoms with Gasteiger partial charge in [-0.15, -0.1) is 0 Å². The van der Waals surface area contributed by atoms with E-state index >= 15 is 0 Å². The highest BCUT2D eigenvalue weighted by molar-refractivity contribution is 5.86. The van der Waals surface area contributed by atoms with Gasteiger partial charge in [0.2, 0.25) is 5.91 Å². The fourth-order valence-electron chi connectivity index (χ4n) is 2.72. The average Bonchev–Trinajstić information content (AvgIpc) is 2.81. The topological polar surface area (TPSA) is 66.8 Å². The van der Waals surface area contributed by atoms with Gasteiger partial charge < -0.3 is 14.7 Å². The molecule has 5 nitrogen and oxygen atoms in total. The zero-order chi connectivity index (χ0) is 14.7. The maximum atomic E-state index is 12.4. The van der Waals surface area contributed by atoms with Crippen molar-refractivity contribution in [3.63, 3.8) is 0 Å². The van der Waals surface area contributed by atoms with Crippen LogP contribution in [0, 0.1) is 5.92 Å². The Bertz CT molecular complexity index is 514. The molecule has 0 saturated carbocycles. The monoisotopic (exact) mass is 277 g/mol. The number of carbonyl (C=O) groups is 2. The molecule has 0 radical (unpaired) electrons.